The van der Waals surface area contributed by atoms with Gasteiger partial charge in [-0.2, -0.15) is 5.10 Å². The summed E-state index contributed by atoms with van der Waals surface area (Å²) in [7, 11) is 0. The Morgan fingerprint density at radius 3 is 2.75 bits per heavy atom. The molecule has 0 unspecified atom stereocenters. The minimum absolute atomic E-state index is 0.0673. The molecule has 0 bridgehead atoms. The topological polar surface area (TPSA) is 43.8 Å². The number of halogens is 1. The van der Waals surface area contributed by atoms with Crippen molar-refractivity contribution in [1.29, 1.82) is 0 Å². The fraction of sp³-hybridized carbons (Fsp3) is 0.250. The van der Waals surface area contributed by atoms with Crippen molar-refractivity contribution in [1.82, 2.24) is 9.78 Å². The Balaban J connectivity index is 2.49. The Kier molecular flexibility index (Phi) is 2.75. The summed E-state index contributed by atoms with van der Waals surface area (Å²) < 4.78 is 14.8. The van der Waals surface area contributed by atoms with E-state index in [4.69, 9.17) is 5.73 Å². The van der Waals surface area contributed by atoms with Gasteiger partial charge in [0.05, 0.1) is 11.9 Å². The third-order valence-electron chi connectivity index (χ3n) is 2.59. The largest absolute Gasteiger partial charge is 0.324 e. The Bertz CT molecular complexity index is 503. The molecule has 1 heterocycles. The first kappa shape index (κ1) is 10.8. The highest BCUT2D eigenvalue weighted by molar-refractivity contribution is 5.35. The highest BCUT2D eigenvalue weighted by atomic mass is 19.1. The molecule has 3 nitrogen and oxygen atoms in total. The number of rotatable bonds is 2. The van der Waals surface area contributed by atoms with Crippen LogP contribution in [0.15, 0.2) is 30.5 Å². The smallest absolute Gasteiger partial charge is 0.125 e. The predicted molar refractivity (Wildman–Crippen MR) is 60.9 cm³/mol. The van der Waals surface area contributed by atoms with E-state index >= 15 is 0 Å². The van der Waals surface area contributed by atoms with Gasteiger partial charge in [-0.05, 0) is 32.0 Å². The number of hydrogen-bond donors (Lipinski definition) is 1. The molecular formula is C12H14FN3. The van der Waals surface area contributed by atoms with E-state index < -0.39 is 0 Å². The second-order valence-electron chi connectivity index (χ2n) is 3.87. The molecular weight excluding hydrogens is 205 g/mol. The Morgan fingerprint density at radius 1 is 1.44 bits per heavy atom. The fourth-order valence-electron chi connectivity index (χ4n) is 1.74. The molecule has 2 N–H and O–H groups in total. The first-order valence-corrected chi connectivity index (χ1v) is 5.15. The Hall–Kier alpha value is -1.68. The van der Waals surface area contributed by atoms with E-state index in [1.807, 2.05) is 19.9 Å². The van der Waals surface area contributed by atoms with Crippen LogP contribution in [-0.4, -0.2) is 9.78 Å². The normalized spacial score (nSPS) is 12.8. The van der Waals surface area contributed by atoms with E-state index in [-0.39, 0.29) is 11.9 Å². The molecule has 0 saturated heterocycles. The lowest BCUT2D eigenvalue weighted by Gasteiger charge is -2.07. The molecule has 0 spiro atoms. The van der Waals surface area contributed by atoms with Crippen LogP contribution in [0, 0.1) is 12.7 Å². The maximum atomic E-state index is 13.1. The first-order valence-electron chi connectivity index (χ1n) is 5.15. The number of nitrogens with zero attached hydrogens (tertiary/aromatic N) is 2. The summed E-state index contributed by atoms with van der Waals surface area (Å²) in [5.41, 5.74) is 8.44. The summed E-state index contributed by atoms with van der Waals surface area (Å²) in [6, 6.07) is 6.27. The average molecular weight is 219 g/mol. The van der Waals surface area contributed by atoms with Gasteiger partial charge in [0.15, 0.2) is 0 Å². The highest BCUT2D eigenvalue weighted by Gasteiger charge is 2.11. The van der Waals surface area contributed by atoms with Gasteiger partial charge in [-0.25, -0.2) is 9.07 Å². The molecule has 0 aliphatic rings. The highest BCUT2D eigenvalue weighted by Crippen LogP contribution is 2.18. The molecule has 0 radical (unpaired) electrons. The van der Waals surface area contributed by atoms with Gasteiger partial charge >= 0.3 is 0 Å². The first-order chi connectivity index (χ1) is 7.59. The molecule has 1 atom stereocenters. The van der Waals surface area contributed by atoms with Crippen LogP contribution in [0.3, 0.4) is 0 Å². The fourth-order valence-corrected chi connectivity index (χ4v) is 1.74. The van der Waals surface area contributed by atoms with Crippen LogP contribution < -0.4 is 5.73 Å². The van der Waals surface area contributed by atoms with Crippen molar-refractivity contribution in [3.8, 4) is 5.69 Å². The standard InChI is InChI=1S/C12H14FN3/c1-8(14)12-7-15-16(9(12)2)11-5-3-4-10(13)6-11/h3-8H,14H2,1-2H3/t8-/m0/s1. The lowest BCUT2D eigenvalue weighted by atomic mass is 10.1. The van der Waals surface area contributed by atoms with Gasteiger partial charge in [0.25, 0.3) is 0 Å². The van der Waals surface area contributed by atoms with Gasteiger partial charge < -0.3 is 5.73 Å². The lowest BCUT2D eigenvalue weighted by molar-refractivity contribution is 0.625. The molecule has 0 aliphatic carbocycles. The van der Waals surface area contributed by atoms with E-state index in [0.717, 1.165) is 11.3 Å². The number of nitrogens with two attached hydrogens (primary N) is 1. The van der Waals surface area contributed by atoms with E-state index in [9.17, 15) is 4.39 Å². The van der Waals surface area contributed by atoms with E-state index in [2.05, 4.69) is 5.10 Å². The molecule has 1 aromatic carbocycles. The summed E-state index contributed by atoms with van der Waals surface area (Å²) in [5.74, 6) is -0.269. The summed E-state index contributed by atoms with van der Waals surface area (Å²) in [5, 5.41) is 4.22. The SMILES string of the molecule is Cc1c([C@H](C)N)cnn1-c1cccc(F)c1. The van der Waals surface area contributed by atoms with Gasteiger partial charge in [0.2, 0.25) is 0 Å². The zero-order valence-corrected chi connectivity index (χ0v) is 9.31. The molecule has 0 amide bonds. The minimum atomic E-state index is -0.269. The van der Waals surface area contributed by atoms with Crippen LogP contribution in [0.5, 0.6) is 0 Å². The number of aromatic nitrogens is 2. The monoisotopic (exact) mass is 219 g/mol. The third kappa shape index (κ3) is 1.84. The molecule has 16 heavy (non-hydrogen) atoms. The van der Waals surface area contributed by atoms with Crippen LogP contribution in [0.2, 0.25) is 0 Å². The maximum absolute atomic E-state index is 13.1. The number of benzene rings is 1. The zero-order chi connectivity index (χ0) is 11.7. The van der Waals surface area contributed by atoms with Gasteiger partial charge in [-0.3, -0.25) is 0 Å². The van der Waals surface area contributed by atoms with Gasteiger partial charge in [0, 0.05) is 17.3 Å². The molecule has 1 aromatic heterocycles. The van der Waals surface area contributed by atoms with Crippen LogP contribution in [0.1, 0.15) is 24.2 Å². The van der Waals surface area contributed by atoms with Crippen molar-refractivity contribution < 1.29 is 4.39 Å². The van der Waals surface area contributed by atoms with Crippen molar-refractivity contribution >= 4 is 0 Å². The Labute approximate surface area is 93.7 Å². The van der Waals surface area contributed by atoms with Crippen molar-refractivity contribution in [2.45, 2.75) is 19.9 Å². The van der Waals surface area contributed by atoms with E-state index in [1.165, 1.54) is 12.1 Å². The second-order valence-corrected chi connectivity index (χ2v) is 3.87. The predicted octanol–water partition coefficient (Wildman–Crippen LogP) is 2.34. The maximum Gasteiger partial charge on any atom is 0.125 e. The summed E-state index contributed by atoms with van der Waals surface area (Å²) in [6.07, 6.45) is 1.73. The minimum Gasteiger partial charge on any atom is -0.324 e. The Morgan fingerprint density at radius 2 is 2.19 bits per heavy atom. The molecule has 84 valence electrons. The van der Waals surface area contributed by atoms with Crippen LogP contribution in [-0.2, 0) is 0 Å². The van der Waals surface area contributed by atoms with Gasteiger partial charge in [0.1, 0.15) is 5.82 Å². The zero-order valence-electron chi connectivity index (χ0n) is 9.31. The summed E-state index contributed by atoms with van der Waals surface area (Å²) >= 11 is 0. The molecule has 0 saturated carbocycles. The molecule has 4 heteroatoms. The van der Waals surface area contributed by atoms with Crippen molar-refractivity contribution in [2.75, 3.05) is 0 Å². The lowest BCUT2D eigenvalue weighted by Crippen LogP contribution is -2.07. The van der Waals surface area contributed by atoms with Crippen molar-refractivity contribution in [3.63, 3.8) is 0 Å². The molecule has 2 rings (SSSR count). The van der Waals surface area contributed by atoms with Crippen molar-refractivity contribution in [3.05, 3.63) is 47.5 Å². The number of hydrogen-bond acceptors (Lipinski definition) is 2. The molecule has 2 aromatic rings. The van der Waals surface area contributed by atoms with Crippen LogP contribution in [0.25, 0.3) is 5.69 Å². The van der Waals surface area contributed by atoms with Gasteiger partial charge in [-0.15, -0.1) is 0 Å². The third-order valence-corrected chi connectivity index (χ3v) is 2.59. The summed E-state index contributed by atoms with van der Waals surface area (Å²) in [4.78, 5) is 0. The van der Waals surface area contributed by atoms with Crippen LogP contribution in [0.4, 0.5) is 4.39 Å². The quantitative estimate of drug-likeness (QED) is 0.842. The second kappa shape index (κ2) is 4.06. The molecule has 0 fully saturated rings. The van der Waals surface area contributed by atoms with Crippen LogP contribution >= 0.6 is 0 Å². The average Bonchev–Trinajstić information content (AvgIpc) is 2.60. The van der Waals surface area contributed by atoms with E-state index in [1.54, 1.807) is 16.9 Å². The van der Waals surface area contributed by atoms with Crippen molar-refractivity contribution in [2.24, 2.45) is 5.73 Å². The van der Waals surface area contributed by atoms with Gasteiger partial charge in [-0.1, -0.05) is 6.07 Å². The molecule has 0 aliphatic heterocycles. The van der Waals surface area contributed by atoms with E-state index in [0.29, 0.717) is 5.69 Å². The summed E-state index contributed by atoms with van der Waals surface area (Å²) in [6.45, 7) is 3.83.